The molecule has 2 N–H and O–H groups in total. The summed E-state index contributed by atoms with van der Waals surface area (Å²) in [4.78, 5) is 10.5. The third-order valence-electron chi connectivity index (χ3n) is 2.01. The van der Waals surface area contributed by atoms with Crippen molar-refractivity contribution in [1.29, 1.82) is 0 Å². The molecule has 0 aromatic carbocycles. The maximum atomic E-state index is 10.5. The Balaban J connectivity index is 4.72. The molecule has 0 fully saturated rings. The van der Waals surface area contributed by atoms with Crippen LogP contribution in [0.25, 0.3) is 0 Å². The second-order valence-corrected chi connectivity index (χ2v) is 3.85. The number of terminal acetylenes is 1. The van der Waals surface area contributed by atoms with E-state index >= 15 is 0 Å². The number of nitrogens with two attached hydrogens (primary N) is 1. The lowest BCUT2D eigenvalue weighted by molar-refractivity contribution is -0.00396. The lowest BCUT2D eigenvalue weighted by Crippen LogP contribution is -2.44. The molecular weight excluding hydrogens is 154 g/mol. The van der Waals surface area contributed by atoms with Gasteiger partial charge in [0.25, 0.3) is 0 Å². The molecule has 68 valence electrons. The number of amides is 1. The van der Waals surface area contributed by atoms with Crippen LogP contribution >= 0.6 is 0 Å². The summed E-state index contributed by atoms with van der Waals surface area (Å²) in [7, 11) is 0. The molecule has 1 amide bonds. The van der Waals surface area contributed by atoms with Gasteiger partial charge < -0.3 is 10.5 Å². The summed E-state index contributed by atoms with van der Waals surface area (Å²) in [6, 6.07) is 0. The Hall–Kier alpha value is -1.17. The van der Waals surface area contributed by atoms with E-state index in [4.69, 9.17) is 16.9 Å². The lowest BCUT2D eigenvalue weighted by atomic mass is 9.78. The topological polar surface area (TPSA) is 52.3 Å². The van der Waals surface area contributed by atoms with Gasteiger partial charge in [0.2, 0.25) is 0 Å². The van der Waals surface area contributed by atoms with Gasteiger partial charge in [-0.2, -0.15) is 0 Å². The Morgan fingerprint density at radius 1 is 1.42 bits per heavy atom. The number of hydrogen-bond donors (Lipinski definition) is 1. The van der Waals surface area contributed by atoms with E-state index < -0.39 is 11.7 Å². The van der Waals surface area contributed by atoms with Crippen LogP contribution in [0, 0.1) is 17.8 Å². The number of carbonyl (C=O) groups is 1. The second-order valence-electron chi connectivity index (χ2n) is 3.85. The first-order valence-corrected chi connectivity index (χ1v) is 3.69. The highest BCUT2D eigenvalue weighted by atomic mass is 16.6. The van der Waals surface area contributed by atoms with Gasteiger partial charge in [0, 0.05) is 5.41 Å². The summed E-state index contributed by atoms with van der Waals surface area (Å²) in [5.74, 6) is 2.43. The molecule has 0 aliphatic heterocycles. The van der Waals surface area contributed by atoms with E-state index in [0.29, 0.717) is 0 Å². The minimum atomic E-state index is -0.946. The van der Waals surface area contributed by atoms with E-state index in [0.717, 1.165) is 0 Å². The van der Waals surface area contributed by atoms with Crippen LogP contribution in [0.3, 0.4) is 0 Å². The number of rotatable bonds is 1. The van der Waals surface area contributed by atoms with Crippen LogP contribution in [0.2, 0.25) is 0 Å². The predicted molar refractivity (Wildman–Crippen MR) is 47.4 cm³/mol. The van der Waals surface area contributed by atoms with E-state index in [1.165, 1.54) is 0 Å². The summed E-state index contributed by atoms with van der Waals surface area (Å²) >= 11 is 0. The summed E-state index contributed by atoms with van der Waals surface area (Å²) in [5.41, 5.74) is 3.63. The largest absolute Gasteiger partial charge is 0.430 e. The highest BCUT2D eigenvalue weighted by molar-refractivity contribution is 5.65. The Bertz CT molecular complexity index is 222. The van der Waals surface area contributed by atoms with Crippen LogP contribution < -0.4 is 5.73 Å². The monoisotopic (exact) mass is 169 g/mol. The number of primary amides is 1. The van der Waals surface area contributed by atoms with Crippen molar-refractivity contribution < 1.29 is 9.53 Å². The minimum absolute atomic E-state index is 0.323. The molecular formula is C9H15NO2. The Labute approximate surface area is 73.3 Å². The van der Waals surface area contributed by atoms with E-state index in [1.807, 2.05) is 20.8 Å². The quantitative estimate of drug-likeness (QED) is 0.605. The van der Waals surface area contributed by atoms with Crippen molar-refractivity contribution in [3.05, 3.63) is 0 Å². The molecule has 0 rings (SSSR count). The zero-order valence-electron chi connectivity index (χ0n) is 7.97. The van der Waals surface area contributed by atoms with Gasteiger partial charge in [-0.3, -0.25) is 0 Å². The molecule has 0 saturated heterocycles. The normalized spacial score (nSPS) is 15.9. The molecule has 0 saturated carbocycles. The first kappa shape index (κ1) is 10.8. The van der Waals surface area contributed by atoms with Crippen molar-refractivity contribution in [2.75, 3.05) is 0 Å². The molecule has 0 aromatic rings. The molecule has 0 aliphatic carbocycles. The van der Waals surface area contributed by atoms with Gasteiger partial charge in [-0.1, -0.05) is 26.7 Å². The van der Waals surface area contributed by atoms with Crippen molar-refractivity contribution >= 4 is 6.09 Å². The molecule has 0 radical (unpaired) electrons. The lowest BCUT2D eigenvalue weighted by Gasteiger charge is -2.35. The van der Waals surface area contributed by atoms with Crippen LogP contribution in [-0.4, -0.2) is 11.7 Å². The van der Waals surface area contributed by atoms with E-state index in [-0.39, 0.29) is 5.41 Å². The fourth-order valence-corrected chi connectivity index (χ4v) is 0.600. The number of ether oxygens (including phenoxy) is 1. The average molecular weight is 169 g/mol. The molecule has 3 heteroatoms. The van der Waals surface area contributed by atoms with E-state index in [2.05, 4.69) is 5.92 Å². The summed E-state index contributed by atoms with van der Waals surface area (Å²) < 4.78 is 4.85. The summed E-state index contributed by atoms with van der Waals surface area (Å²) in [6.45, 7) is 7.32. The van der Waals surface area contributed by atoms with Gasteiger partial charge in [-0.05, 0) is 6.92 Å². The Morgan fingerprint density at radius 3 is 1.92 bits per heavy atom. The molecule has 1 unspecified atom stereocenters. The van der Waals surface area contributed by atoms with Gasteiger partial charge in [-0.15, -0.1) is 6.42 Å². The second kappa shape index (κ2) is 3.06. The third kappa shape index (κ3) is 2.16. The smallest absolute Gasteiger partial charge is 0.406 e. The SMILES string of the molecule is C#CC(C)(OC(N)=O)C(C)(C)C. The standard InChI is InChI=1S/C9H15NO2/c1-6-9(5,8(2,3)4)12-7(10)11/h1H,2-5H3,(H2,10,11). The molecule has 0 aliphatic rings. The van der Waals surface area contributed by atoms with Crippen molar-refractivity contribution in [3.8, 4) is 12.3 Å². The van der Waals surface area contributed by atoms with Gasteiger partial charge in [0.05, 0.1) is 0 Å². The zero-order chi connectivity index (χ0) is 9.99. The highest BCUT2D eigenvalue weighted by Crippen LogP contribution is 2.32. The van der Waals surface area contributed by atoms with Crippen molar-refractivity contribution in [1.82, 2.24) is 0 Å². The third-order valence-corrected chi connectivity index (χ3v) is 2.01. The zero-order valence-corrected chi connectivity index (χ0v) is 7.97. The molecule has 3 nitrogen and oxygen atoms in total. The van der Waals surface area contributed by atoms with Gasteiger partial charge in [-0.25, -0.2) is 4.79 Å². The summed E-state index contributed by atoms with van der Waals surface area (Å²) in [6.07, 6.45) is 4.42. The predicted octanol–water partition coefficient (Wildman–Crippen LogP) is 1.52. The Morgan fingerprint density at radius 2 is 1.83 bits per heavy atom. The molecule has 12 heavy (non-hydrogen) atoms. The van der Waals surface area contributed by atoms with Gasteiger partial charge in [0.15, 0.2) is 5.60 Å². The number of carbonyl (C=O) groups excluding carboxylic acids is 1. The molecule has 0 heterocycles. The molecule has 0 bridgehead atoms. The fraction of sp³-hybridized carbons (Fsp3) is 0.667. The fourth-order valence-electron chi connectivity index (χ4n) is 0.600. The van der Waals surface area contributed by atoms with Crippen LogP contribution in [0.4, 0.5) is 4.79 Å². The van der Waals surface area contributed by atoms with E-state index in [9.17, 15) is 4.79 Å². The first-order valence-electron chi connectivity index (χ1n) is 3.69. The van der Waals surface area contributed by atoms with Crippen molar-refractivity contribution in [2.24, 2.45) is 11.1 Å². The maximum absolute atomic E-state index is 10.5. The molecule has 1 atom stereocenters. The van der Waals surface area contributed by atoms with Crippen molar-refractivity contribution in [3.63, 3.8) is 0 Å². The first-order chi connectivity index (χ1) is 5.23. The minimum Gasteiger partial charge on any atom is -0.430 e. The van der Waals surface area contributed by atoms with Crippen LogP contribution in [-0.2, 0) is 4.74 Å². The highest BCUT2D eigenvalue weighted by Gasteiger charge is 2.39. The van der Waals surface area contributed by atoms with Crippen LogP contribution in [0.15, 0.2) is 0 Å². The average Bonchev–Trinajstić information content (AvgIpc) is 1.83. The van der Waals surface area contributed by atoms with Crippen molar-refractivity contribution in [2.45, 2.75) is 33.3 Å². The summed E-state index contributed by atoms with van der Waals surface area (Å²) in [5, 5.41) is 0. The van der Waals surface area contributed by atoms with Gasteiger partial charge in [0.1, 0.15) is 0 Å². The van der Waals surface area contributed by atoms with E-state index in [1.54, 1.807) is 6.92 Å². The molecule has 0 aromatic heterocycles. The van der Waals surface area contributed by atoms with Gasteiger partial charge >= 0.3 is 6.09 Å². The van der Waals surface area contributed by atoms with Crippen LogP contribution in [0.1, 0.15) is 27.7 Å². The Kier molecular flexibility index (Phi) is 2.76. The molecule has 0 spiro atoms. The maximum Gasteiger partial charge on any atom is 0.406 e. The van der Waals surface area contributed by atoms with Crippen LogP contribution in [0.5, 0.6) is 0 Å². The number of hydrogen-bond acceptors (Lipinski definition) is 2.